The topological polar surface area (TPSA) is 316 Å². The number of rotatable bonds is 6. The molecular weight excluding hydrogens is 906 g/mol. The molecule has 1 aromatic heterocycles. The predicted molar refractivity (Wildman–Crippen MR) is 219 cm³/mol. The average Bonchev–Trinajstić information content (AvgIpc) is 3.48. The van der Waals surface area contributed by atoms with Crippen molar-refractivity contribution in [1.29, 1.82) is 0 Å². The van der Waals surface area contributed by atoms with Gasteiger partial charge in [0.15, 0.2) is 35.6 Å². The molecule has 372 valence electrons. The number of cyclic esters (lactones) is 2. The molecule has 6 rings (SSSR count). The number of carbonyl (C=O) groups excluding carboxylic acids is 10. The highest BCUT2D eigenvalue weighted by Gasteiger charge is 2.92. The molecule has 5 aliphatic rings. The van der Waals surface area contributed by atoms with Gasteiger partial charge in [0.2, 0.25) is 0 Å². The summed E-state index contributed by atoms with van der Waals surface area (Å²) in [5.74, 6) is -18.1. The van der Waals surface area contributed by atoms with E-state index in [1.165, 1.54) is 33.0 Å². The Morgan fingerprint density at radius 2 is 1.40 bits per heavy atom. The van der Waals surface area contributed by atoms with Crippen LogP contribution in [0.4, 0.5) is 0 Å². The molecule has 3 aliphatic heterocycles. The normalized spacial score (nSPS) is 39.3. The van der Waals surface area contributed by atoms with Crippen LogP contribution in [0.2, 0.25) is 0 Å². The molecule has 1 aromatic rings. The van der Waals surface area contributed by atoms with Gasteiger partial charge in [-0.1, -0.05) is 13.8 Å². The summed E-state index contributed by atoms with van der Waals surface area (Å²) in [7, 11) is 0.992. The van der Waals surface area contributed by atoms with Crippen LogP contribution in [0, 0.1) is 23.2 Å². The molecule has 2 saturated carbocycles. The molecule has 2 N–H and O–H groups in total. The Morgan fingerprint density at radius 3 is 2.00 bits per heavy atom. The molecule has 0 aromatic carbocycles. The van der Waals surface area contributed by atoms with E-state index in [4.69, 9.17) is 47.4 Å². The molecule has 0 amide bonds. The smallest absolute Gasteiger partial charge is 0.340 e. The first-order chi connectivity index (χ1) is 31.6. The monoisotopic (exact) mass is 961 g/mol. The maximum atomic E-state index is 14.7. The standard InChI is InChI=1S/C45H55NO22/c1-19-11-12-28(51)26(15-29(52)59-10)38(54)61-18-44-35(64-23(5)49)31(66-37(19)53)30-33(63-22(4)48)45(44)43(9,58)34(32(62-21(3)47)36(44)65-24(6)50)67-40(56)42(8,57)20(2)25-13-14-46-16-27(25)39(55)60-17-41(30,7)68-45/h13-14,16,19-20,26,30-36,57-58H,11-12,15,17-18H2,1-10H3/t19?,20?,26-,30-,31-,32+,33-,34+,35-,36+,41+,42?,43+,44-,45+/m1/s1. The number of Topliss-reactive ketones (excluding diaryl/α,β-unsaturated/α-hetero) is 1. The molecular formula is C45H55NO22. The highest BCUT2D eigenvalue weighted by Crippen LogP contribution is 2.70. The first-order valence-electron chi connectivity index (χ1n) is 21.7. The van der Waals surface area contributed by atoms with Crippen LogP contribution in [0.5, 0.6) is 0 Å². The number of methoxy groups -OCH3 is 1. The number of fused-ring (bicyclic) bond motifs is 7. The van der Waals surface area contributed by atoms with Gasteiger partial charge in [0.1, 0.15) is 53.7 Å². The summed E-state index contributed by atoms with van der Waals surface area (Å²) in [4.78, 5) is 143. The Kier molecular flexibility index (Phi) is 13.9. The first kappa shape index (κ1) is 51.3. The molecule has 2 saturated heterocycles. The number of nitrogens with zero attached hydrogens (tertiary/aromatic N) is 1. The van der Waals surface area contributed by atoms with Crippen molar-refractivity contribution in [2.45, 2.75) is 147 Å². The fourth-order valence-electron chi connectivity index (χ4n) is 10.6. The van der Waals surface area contributed by atoms with Crippen molar-refractivity contribution in [3.63, 3.8) is 0 Å². The third kappa shape index (κ3) is 8.34. The van der Waals surface area contributed by atoms with E-state index in [-0.39, 0.29) is 17.5 Å². The van der Waals surface area contributed by atoms with Gasteiger partial charge in [-0.25, -0.2) is 9.59 Å². The van der Waals surface area contributed by atoms with E-state index >= 15 is 0 Å². The summed E-state index contributed by atoms with van der Waals surface area (Å²) in [6.07, 6.45) is -12.8. The lowest BCUT2D eigenvalue weighted by atomic mass is 9.45. The van der Waals surface area contributed by atoms with E-state index < -0.39 is 174 Å². The molecule has 3 unspecified atom stereocenters. The number of ether oxygens (including phenoxy) is 10. The van der Waals surface area contributed by atoms with Crippen molar-refractivity contribution in [2.75, 3.05) is 20.3 Å². The average molecular weight is 962 g/mol. The molecule has 23 heteroatoms. The molecule has 0 radical (unpaired) electrons. The minimum atomic E-state index is -3.10. The van der Waals surface area contributed by atoms with Crippen molar-refractivity contribution >= 4 is 59.5 Å². The van der Waals surface area contributed by atoms with E-state index in [1.807, 2.05) is 0 Å². The van der Waals surface area contributed by atoms with Gasteiger partial charge >= 0.3 is 53.7 Å². The van der Waals surface area contributed by atoms with Crippen molar-refractivity contribution in [3.8, 4) is 0 Å². The van der Waals surface area contributed by atoms with E-state index in [9.17, 15) is 58.2 Å². The van der Waals surface area contributed by atoms with Gasteiger partial charge in [-0.2, -0.15) is 0 Å². The second-order valence-corrected chi connectivity index (χ2v) is 18.5. The zero-order valence-corrected chi connectivity index (χ0v) is 39.0. The SMILES string of the molecule is COC(=O)C[C@@H]1C(=O)CCC(C)C(=O)O[C@@H]2[C@@H]3[C@@H](OC(C)=O)[C@@]45O[C@@]3(C)COC(=O)c3cnccc3C(C)C(C)(O)C(=O)O[C@@H]([C@H](OC(C)=O)[C@H](OC(C)=O)[C@@]4(COC1=O)[C@@H]2OC(C)=O)[C@]5(C)O. The number of hydrogen-bond donors (Lipinski definition) is 2. The molecule has 2 spiro atoms. The molecule has 68 heavy (non-hydrogen) atoms. The summed E-state index contributed by atoms with van der Waals surface area (Å²) in [6.45, 7) is 7.30. The molecule has 6 bridgehead atoms. The minimum absolute atomic E-state index is 0.0150. The molecule has 4 fully saturated rings. The molecule has 23 nitrogen and oxygen atoms in total. The van der Waals surface area contributed by atoms with E-state index in [1.54, 1.807) is 0 Å². The minimum Gasteiger partial charge on any atom is -0.469 e. The zero-order valence-electron chi connectivity index (χ0n) is 39.0. The van der Waals surface area contributed by atoms with Crippen molar-refractivity contribution in [1.82, 2.24) is 4.98 Å². The fourth-order valence-corrected chi connectivity index (χ4v) is 10.6. The number of pyridine rings is 1. The Morgan fingerprint density at radius 1 is 0.794 bits per heavy atom. The lowest BCUT2D eigenvalue weighted by Crippen LogP contribution is -2.89. The molecule has 2 aliphatic carbocycles. The van der Waals surface area contributed by atoms with Crippen LogP contribution in [-0.2, 0) is 90.5 Å². The van der Waals surface area contributed by atoms with Gasteiger partial charge in [-0.15, -0.1) is 0 Å². The fraction of sp³-hybridized carbons (Fsp3) is 0.667. The first-order valence-corrected chi connectivity index (χ1v) is 21.7. The van der Waals surface area contributed by atoms with Crippen LogP contribution >= 0.6 is 0 Å². The Bertz CT molecular complexity index is 2290. The lowest BCUT2D eigenvalue weighted by Gasteiger charge is -2.67. The highest BCUT2D eigenvalue weighted by molar-refractivity contribution is 6.01. The third-order valence-electron chi connectivity index (χ3n) is 14.0. The highest BCUT2D eigenvalue weighted by atomic mass is 16.7. The lowest BCUT2D eigenvalue weighted by molar-refractivity contribution is -0.387. The van der Waals surface area contributed by atoms with Crippen LogP contribution in [0.25, 0.3) is 0 Å². The maximum absolute atomic E-state index is 14.7. The quantitative estimate of drug-likeness (QED) is 0.220. The van der Waals surface area contributed by atoms with E-state index in [2.05, 4.69) is 4.98 Å². The summed E-state index contributed by atoms with van der Waals surface area (Å²) in [5.41, 5.74) is -14.2. The molecule has 4 heterocycles. The maximum Gasteiger partial charge on any atom is 0.340 e. The van der Waals surface area contributed by atoms with Gasteiger partial charge in [-0.3, -0.25) is 43.3 Å². The Labute approximate surface area is 389 Å². The predicted octanol–water partition coefficient (Wildman–Crippen LogP) is 0.287. The summed E-state index contributed by atoms with van der Waals surface area (Å²) < 4.78 is 60.1. The van der Waals surface area contributed by atoms with Crippen LogP contribution < -0.4 is 0 Å². The van der Waals surface area contributed by atoms with Crippen LogP contribution in [0.1, 0.15) is 103 Å². The van der Waals surface area contributed by atoms with Gasteiger partial charge < -0.3 is 57.6 Å². The number of esters is 9. The second kappa shape index (κ2) is 18.4. The van der Waals surface area contributed by atoms with Crippen molar-refractivity contribution in [2.24, 2.45) is 23.2 Å². The van der Waals surface area contributed by atoms with Crippen LogP contribution in [-0.4, -0.2) is 154 Å². The number of ketones is 1. The van der Waals surface area contributed by atoms with Gasteiger partial charge in [-0.05, 0) is 38.8 Å². The Balaban J connectivity index is 1.82. The number of aliphatic hydroxyl groups is 2. The van der Waals surface area contributed by atoms with Crippen LogP contribution in [0.15, 0.2) is 18.5 Å². The summed E-state index contributed by atoms with van der Waals surface area (Å²) >= 11 is 0. The number of carbonyl (C=O) groups is 10. The largest absolute Gasteiger partial charge is 0.469 e. The Hall–Kier alpha value is -6.07. The molecule has 15 atom stereocenters. The number of hydrogen-bond acceptors (Lipinski definition) is 23. The van der Waals surface area contributed by atoms with Crippen LogP contribution in [0.3, 0.4) is 0 Å². The van der Waals surface area contributed by atoms with Crippen molar-refractivity contribution < 1.29 is 106 Å². The third-order valence-corrected chi connectivity index (χ3v) is 14.0. The number of aromatic nitrogens is 1. The van der Waals surface area contributed by atoms with E-state index in [0.717, 1.165) is 54.8 Å². The summed E-state index contributed by atoms with van der Waals surface area (Å²) in [6, 6.07) is 1.32. The zero-order chi connectivity index (χ0) is 50.6. The van der Waals surface area contributed by atoms with Gasteiger partial charge in [0, 0.05) is 52.4 Å². The van der Waals surface area contributed by atoms with E-state index in [0.29, 0.717) is 0 Å². The van der Waals surface area contributed by atoms with Gasteiger partial charge in [0.05, 0.1) is 30.9 Å². The van der Waals surface area contributed by atoms with Gasteiger partial charge in [0.25, 0.3) is 0 Å². The summed E-state index contributed by atoms with van der Waals surface area (Å²) in [5, 5.41) is 25.8. The van der Waals surface area contributed by atoms with Crippen molar-refractivity contribution in [3.05, 3.63) is 29.6 Å². The second-order valence-electron chi connectivity index (χ2n) is 18.5.